The molecule has 3 aromatic rings. The lowest BCUT2D eigenvalue weighted by Crippen LogP contribution is -2.62. The Bertz CT molecular complexity index is 2620. The van der Waals surface area contributed by atoms with Crippen LogP contribution in [0, 0.1) is 11.3 Å². The van der Waals surface area contributed by atoms with Gasteiger partial charge < -0.3 is 46.8 Å². The third-order valence-electron chi connectivity index (χ3n) is 16.2. The number of aliphatic hydroxyl groups is 1. The van der Waals surface area contributed by atoms with Crippen LogP contribution in [-0.4, -0.2) is 124 Å². The number of aliphatic hydroxyl groups excluding tert-OH is 1. The van der Waals surface area contributed by atoms with Crippen molar-refractivity contribution < 1.29 is 38.7 Å². The first-order chi connectivity index (χ1) is 36.1. The number of likely N-dealkylation sites (N-methyl/N-ethyl adjacent to an activating group) is 1. The summed E-state index contributed by atoms with van der Waals surface area (Å²) in [5, 5.41) is 27.7. The second-order valence-corrected chi connectivity index (χ2v) is 24.6. The minimum absolute atomic E-state index is 0.0247. The van der Waals surface area contributed by atoms with Gasteiger partial charge in [0, 0.05) is 42.6 Å². The molecule has 0 saturated carbocycles. The number of carbonyl (C=O) groups is 7. The number of carbonyl (C=O) groups excluding carboxylic acids is 7. The SMILES string of the molecule is CC[C@@H](C)C(=O)N[C@H](C(=O)N1Cc2cc(C3C[C@@H](C(=O)NC4CCCc5ccccc54)N(C(=O)[C@@H](NC(=O)[C@H](C)NC)C(C)(C)C)C3)ccc2C[C@H]1C(=O)NC1CCCc2ccccc21)C(C)(C)SCC(=O)NCCO. The van der Waals surface area contributed by atoms with E-state index < -0.39 is 52.2 Å². The van der Waals surface area contributed by atoms with Crippen molar-refractivity contribution in [2.75, 3.05) is 32.5 Å². The molecule has 7 N–H and O–H groups in total. The van der Waals surface area contributed by atoms with Gasteiger partial charge in [0.15, 0.2) is 0 Å². The van der Waals surface area contributed by atoms with Crippen molar-refractivity contribution in [1.82, 2.24) is 41.7 Å². The molecule has 0 spiro atoms. The van der Waals surface area contributed by atoms with E-state index in [0.29, 0.717) is 12.8 Å². The molecule has 2 heterocycles. The molecular weight excluding hydrogens is 981 g/mol. The summed E-state index contributed by atoms with van der Waals surface area (Å²) >= 11 is 1.21. The normalized spacial score (nSPS) is 21.8. The highest BCUT2D eigenvalue weighted by atomic mass is 32.2. The quantitative estimate of drug-likeness (QED) is 0.0822. The molecule has 3 unspecified atom stereocenters. The van der Waals surface area contributed by atoms with Gasteiger partial charge in [0.05, 0.1) is 30.5 Å². The van der Waals surface area contributed by atoms with Crippen LogP contribution in [0.5, 0.6) is 0 Å². The zero-order valence-electron chi connectivity index (χ0n) is 46.1. The van der Waals surface area contributed by atoms with Crippen LogP contribution in [0.1, 0.15) is 151 Å². The van der Waals surface area contributed by atoms with Crippen molar-refractivity contribution in [2.45, 2.75) is 173 Å². The van der Waals surface area contributed by atoms with Gasteiger partial charge >= 0.3 is 0 Å². The number of nitrogens with one attached hydrogen (secondary N) is 6. The van der Waals surface area contributed by atoms with Crippen LogP contribution in [0.4, 0.5) is 0 Å². The molecule has 3 aromatic carbocycles. The fourth-order valence-electron chi connectivity index (χ4n) is 11.2. The molecule has 0 bridgehead atoms. The third-order valence-corrected chi connectivity index (χ3v) is 17.6. The maximum absolute atomic E-state index is 15.6. The van der Waals surface area contributed by atoms with Crippen LogP contribution in [0.15, 0.2) is 66.7 Å². The first-order valence-electron chi connectivity index (χ1n) is 27.4. The van der Waals surface area contributed by atoms with E-state index in [1.165, 1.54) is 22.9 Å². The topological polar surface area (TPSA) is 218 Å². The molecule has 76 heavy (non-hydrogen) atoms. The molecule has 412 valence electrons. The standard InChI is InChI=1S/C59H82N8O8S/c1-10-35(2)52(70)65-51(59(7,8)76-34-49(69)61-27-28-68)57(75)67-32-41-29-39(25-26-40(41)30-47(67)54(72)62-45-23-15-19-37-17-11-13-21-43(37)45)42-31-48(55(73)63-46-24-16-20-38-18-12-14-22-44(38)46)66(33-42)56(74)50(58(4,5)6)64-53(71)36(3)60-9/h11-14,17-18,21-22,25-26,29,35-36,42,45-48,50-51,60,68H,10,15-16,19-20,23-24,27-28,30-34H2,1-9H3,(H,61,69)(H,62,72)(H,63,73)(H,64,71)(H,65,70)/t35-,36+,42?,45?,46?,47+,48+,50-,51-/m1/s1. The summed E-state index contributed by atoms with van der Waals surface area (Å²) in [6.07, 6.45) is 6.16. The molecule has 0 aromatic heterocycles. The summed E-state index contributed by atoms with van der Waals surface area (Å²) in [6.45, 7) is 14.8. The Balaban J connectivity index is 1.24. The maximum atomic E-state index is 15.6. The summed E-state index contributed by atoms with van der Waals surface area (Å²) in [4.78, 5) is 104. The number of fused-ring (bicyclic) bond motifs is 3. The highest BCUT2D eigenvalue weighted by Gasteiger charge is 2.48. The number of nitrogens with zero attached hydrogens (tertiary/aromatic N) is 2. The van der Waals surface area contributed by atoms with Gasteiger partial charge in [-0.2, -0.15) is 0 Å². The van der Waals surface area contributed by atoms with Crippen LogP contribution in [0.25, 0.3) is 0 Å². The number of hydrogen-bond donors (Lipinski definition) is 7. The van der Waals surface area contributed by atoms with E-state index in [0.717, 1.165) is 66.3 Å². The largest absolute Gasteiger partial charge is 0.395 e. The van der Waals surface area contributed by atoms with Gasteiger partial charge in [0.1, 0.15) is 24.2 Å². The van der Waals surface area contributed by atoms with E-state index in [1.807, 2.05) is 90.1 Å². The lowest BCUT2D eigenvalue weighted by molar-refractivity contribution is -0.145. The van der Waals surface area contributed by atoms with E-state index in [1.54, 1.807) is 30.7 Å². The minimum atomic E-state index is -1.16. The molecule has 1 fully saturated rings. The molecule has 2 aliphatic heterocycles. The van der Waals surface area contributed by atoms with Crippen LogP contribution in [-0.2, 0) is 59.4 Å². The monoisotopic (exact) mass is 1060 g/mol. The average Bonchev–Trinajstić information content (AvgIpc) is 3.88. The number of hydrogen-bond acceptors (Lipinski definition) is 10. The number of likely N-dealkylation sites (tertiary alicyclic amines) is 1. The Kier molecular flexibility index (Phi) is 19.2. The Morgan fingerprint density at radius 3 is 1.88 bits per heavy atom. The highest BCUT2D eigenvalue weighted by molar-refractivity contribution is 8.01. The lowest BCUT2D eigenvalue weighted by Gasteiger charge is -2.42. The number of rotatable bonds is 19. The number of thioether (sulfide) groups is 1. The minimum Gasteiger partial charge on any atom is -0.395 e. The number of benzene rings is 3. The second-order valence-electron chi connectivity index (χ2n) is 23.0. The van der Waals surface area contributed by atoms with Gasteiger partial charge in [0.2, 0.25) is 41.4 Å². The van der Waals surface area contributed by atoms with Gasteiger partial charge in [-0.15, -0.1) is 11.8 Å². The van der Waals surface area contributed by atoms with E-state index in [2.05, 4.69) is 50.1 Å². The summed E-state index contributed by atoms with van der Waals surface area (Å²) in [5.74, 6) is -3.16. The van der Waals surface area contributed by atoms with Crippen molar-refractivity contribution in [3.8, 4) is 0 Å². The molecule has 7 amide bonds. The van der Waals surface area contributed by atoms with Crippen molar-refractivity contribution >= 4 is 53.1 Å². The summed E-state index contributed by atoms with van der Waals surface area (Å²) in [5.41, 5.74) is 6.32. The zero-order valence-corrected chi connectivity index (χ0v) is 46.9. The molecule has 2 aliphatic carbocycles. The Morgan fingerprint density at radius 1 is 0.724 bits per heavy atom. The molecule has 0 radical (unpaired) electrons. The van der Waals surface area contributed by atoms with Crippen LogP contribution < -0.4 is 31.9 Å². The van der Waals surface area contributed by atoms with Gasteiger partial charge in [-0.25, -0.2) is 0 Å². The smallest absolute Gasteiger partial charge is 0.247 e. The van der Waals surface area contributed by atoms with E-state index in [-0.39, 0.29) is 91.9 Å². The first kappa shape index (κ1) is 57.9. The van der Waals surface area contributed by atoms with E-state index in [9.17, 15) is 29.1 Å². The van der Waals surface area contributed by atoms with Gasteiger partial charge in [-0.1, -0.05) is 101 Å². The first-order valence-corrected chi connectivity index (χ1v) is 28.4. The van der Waals surface area contributed by atoms with E-state index >= 15 is 9.59 Å². The Hall–Kier alpha value is -5.78. The second kappa shape index (κ2) is 25.1. The lowest BCUT2D eigenvalue weighted by atomic mass is 9.85. The Morgan fingerprint density at radius 2 is 1.30 bits per heavy atom. The van der Waals surface area contributed by atoms with Gasteiger partial charge in [0.25, 0.3) is 0 Å². The van der Waals surface area contributed by atoms with Crippen LogP contribution >= 0.6 is 11.8 Å². The van der Waals surface area contributed by atoms with Gasteiger partial charge in [-0.05, 0) is 124 Å². The molecule has 16 nitrogen and oxygen atoms in total. The predicted molar refractivity (Wildman–Crippen MR) is 296 cm³/mol. The highest BCUT2D eigenvalue weighted by Crippen LogP contribution is 2.39. The van der Waals surface area contributed by atoms with Gasteiger partial charge in [-0.3, -0.25) is 33.6 Å². The van der Waals surface area contributed by atoms with Crippen molar-refractivity contribution in [2.24, 2.45) is 11.3 Å². The molecule has 1 saturated heterocycles. The summed E-state index contributed by atoms with van der Waals surface area (Å²) in [6, 6.07) is 17.3. The Labute approximate surface area is 453 Å². The van der Waals surface area contributed by atoms with Crippen LogP contribution in [0.2, 0.25) is 0 Å². The van der Waals surface area contributed by atoms with Crippen molar-refractivity contribution in [3.05, 3.63) is 106 Å². The summed E-state index contributed by atoms with van der Waals surface area (Å²) < 4.78 is -1.05. The number of aryl methyl sites for hydroxylation is 2. The van der Waals surface area contributed by atoms with Crippen molar-refractivity contribution in [3.63, 3.8) is 0 Å². The summed E-state index contributed by atoms with van der Waals surface area (Å²) in [7, 11) is 1.68. The van der Waals surface area contributed by atoms with E-state index in [4.69, 9.17) is 0 Å². The molecule has 17 heteroatoms. The molecule has 9 atom stereocenters. The maximum Gasteiger partial charge on any atom is 0.247 e. The molecular formula is C59H82N8O8S. The zero-order chi connectivity index (χ0) is 55.1. The predicted octanol–water partition coefficient (Wildman–Crippen LogP) is 5.30. The fraction of sp³-hybridized carbons (Fsp3) is 0.576. The van der Waals surface area contributed by atoms with Crippen LogP contribution in [0.3, 0.4) is 0 Å². The average molecular weight is 1060 g/mol. The molecule has 4 aliphatic rings. The number of amides is 7. The fourth-order valence-corrected chi connectivity index (χ4v) is 12.1. The molecule has 7 rings (SSSR count). The van der Waals surface area contributed by atoms with Crippen molar-refractivity contribution in [1.29, 1.82) is 0 Å². The third kappa shape index (κ3) is 13.5.